The summed E-state index contributed by atoms with van der Waals surface area (Å²) < 4.78 is 2.89. The highest BCUT2D eigenvalue weighted by Crippen LogP contribution is 2.39. The van der Waals surface area contributed by atoms with Crippen molar-refractivity contribution in [1.29, 1.82) is 0 Å². The van der Waals surface area contributed by atoms with E-state index in [2.05, 4.69) is 10.4 Å². The largest absolute Gasteiger partial charge is 0.352 e. The second kappa shape index (κ2) is 5.79. The summed E-state index contributed by atoms with van der Waals surface area (Å²) >= 11 is 0. The van der Waals surface area contributed by atoms with Gasteiger partial charge in [-0.25, -0.2) is 14.0 Å². The summed E-state index contributed by atoms with van der Waals surface area (Å²) in [6.07, 6.45) is 2.09. The van der Waals surface area contributed by atoms with Crippen LogP contribution in [0.3, 0.4) is 0 Å². The summed E-state index contributed by atoms with van der Waals surface area (Å²) in [5.41, 5.74) is 0.539. The summed E-state index contributed by atoms with van der Waals surface area (Å²) in [5, 5.41) is 7.19. The number of amides is 1. The second-order valence-electron chi connectivity index (χ2n) is 5.97. The van der Waals surface area contributed by atoms with Crippen LogP contribution in [-0.4, -0.2) is 26.3 Å². The van der Waals surface area contributed by atoms with Gasteiger partial charge in [0.15, 0.2) is 0 Å². The minimum atomic E-state index is -0.257. The van der Waals surface area contributed by atoms with Gasteiger partial charge in [0, 0.05) is 12.0 Å². The number of benzene rings is 1. The van der Waals surface area contributed by atoms with Crippen molar-refractivity contribution >= 4 is 5.91 Å². The number of hydrogen-bond donors (Lipinski definition) is 1. The molecule has 1 aliphatic rings. The molecule has 0 aliphatic heterocycles. The number of nitrogens with zero attached hydrogens (tertiary/aromatic N) is 3. The van der Waals surface area contributed by atoms with E-state index < -0.39 is 0 Å². The summed E-state index contributed by atoms with van der Waals surface area (Å²) in [7, 11) is 0. The van der Waals surface area contributed by atoms with E-state index in [1.165, 1.54) is 4.68 Å². The van der Waals surface area contributed by atoms with Crippen LogP contribution in [0.4, 0.5) is 0 Å². The topological polar surface area (TPSA) is 68.9 Å². The van der Waals surface area contributed by atoms with Crippen LogP contribution in [0, 0.1) is 0 Å². The molecule has 22 heavy (non-hydrogen) atoms. The number of aromatic nitrogens is 3. The molecule has 0 saturated heterocycles. The Labute approximate surface area is 128 Å². The fourth-order valence-corrected chi connectivity index (χ4v) is 2.46. The average Bonchev–Trinajstić information content (AvgIpc) is 3.26. The molecule has 1 aromatic heterocycles. The Hall–Kier alpha value is -2.37. The molecule has 0 atom stereocenters. The molecule has 0 spiro atoms. The minimum Gasteiger partial charge on any atom is -0.352 e. The highest BCUT2D eigenvalue weighted by atomic mass is 16.2. The predicted molar refractivity (Wildman–Crippen MR) is 83.1 cm³/mol. The molecule has 1 amide bonds. The van der Waals surface area contributed by atoms with E-state index in [0.717, 1.165) is 24.4 Å². The van der Waals surface area contributed by atoms with Crippen molar-refractivity contribution in [2.24, 2.45) is 0 Å². The van der Waals surface area contributed by atoms with Gasteiger partial charge in [-0.3, -0.25) is 4.79 Å². The van der Waals surface area contributed by atoms with E-state index in [1.54, 1.807) is 4.57 Å². The number of nitrogens with one attached hydrogen (secondary N) is 1. The monoisotopic (exact) mass is 300 g/mol. The third-order valence-corrected chi connectivity index (χ3v) is 3.56. The van der Waals surface area contributed by atoms with E-state index in [1.807, 2.05) is 44.2 Å². The Morgan fingerprint density at radius 1 is 1.32 bits per heavy atom. The van der Waals surface area contributed by atoms with Gasteiger partial charge in [0.2, 0.25) is 5.91 Å². The molecule has 3 rings (SSSR count). The van der Waals surface area contributed by atoms with Crippen LogP contribution < -0.4 is 11.0 Å². The van der Waals surface area contributed by atoms with Gasteiger partial charge >= 0.3 is 5.69 Å². The van der Waals surface area contributed by atoms with Gasteiger partial charge in [-0.15, -0.1) is 0 Å². The van der Waals surface area contributed by atoms with Crippen molar-refractivity contribution < 1.29 is 4.79 Å². The van der Waals surface area contributed by atoms with E-state index in [4.69, 9.17) is 0 Å². The zero-order chi connectivity index (χ0) is 15.7. The van der Waals surface area contributed by atoms with Crippen LogP contribution in [0.1, 0.15) is 38.4 Å². The number of rotatable bonds is 5. The first-order valence-corrected chi connectivity index (χ1v) is 7.61. The van der Waals surface area contributed by atoms with Crippen LogP contribution in [0.2, 0.25) is 0 Å². The molecule has 6 heteroatoms. The lowest BCUT2D eigenvalue weighted by Gasteiger charge is -2.07. The number of carbonyl (C=O) groups is 1. The Morgan fingerprint density at radius 3 is 2.59 bits per heavy atom. The average molecular weight is 300 g/mol. The van der Waals surface area contributed by atoms with Gasteiger partial charge in [0.1, 0.15) is 12.4 Å². The van der Waals surface area contributed by atoms with Gasteiger partial charge in [0.25, 0.3) is 0 Å². The first kappa shape index (κ1) is 14.6. The van der Waals surface area contributed by atoms with Gasteiger partial charge in [-0.05, 0) is 38.8 Å². The van der Waals surface area contributed by atoms with Crippen molar-refractivity contribution in [2.45, 2.75) is 45.2 Å². The van der Waals surface area contributed by atoms with E-state index in [0.29, 0.717) is 5.92 Å². The highest BCUT2D eigenvalue weighted by Gasteiger charge is 2.31. The van der Waals surface area contributed by atoms with Crippen LogP contribution >= 0.6 is 0 Å². The molecular weight excluding hydrogens is 280 g/mol. The van der Waals surface area contributed by atoms with E-state index in [9.17, 15) is 9.59 Å². The lowest BCUT2D eigenvalue weighted by Crippen LogP contribution is -2.36. The van der Waals surface area contributed by atoms with E-state index in [-0.39, 0.29) is 24.2 Å². The molecular formula is C16H20N4O2. The maximum Gasteiger partial charge on any atom is 0.351 e. The highest BCUT2D eigenvalue weighted by molar-refractivity contribution is 5.75. The Bertz CT molecular complexity index is 726. The fourth-order valence-electron chi connectivity index (χ4n) is 2.46. The first-order valence-electron chi connectivity index (χ1n) is 7.61. The second-order valence-corrected chi connectivity index (χ2v) is 5.97. The molecule has 1 aliphatic carbocycles. The van der Waals surface area contributed by atoms with Crippen molar-refractivity contribution in [1.82, 2.24) is 19.7 Å². The molecule has 116 valence electrons. The van der Waals surface area contributed by atoms with Gasteiger partial charge in [0.05, 0.1) is 5.69 Å². The maximum atomic E-state index is 12.6. The molecule has 1 fully saturated rings. The zero-order valence-electron chi connectivity index (χ0n) is 12.8. The molecule has 6 nitrogen and oxygen atoms in total. The molecule has 0 radical (unpaired) electrons. The maximum absolute atomic E-state index is 12.6. The smallest absolute Gasteiger partial charge is 0.351 e. The van der Waals surface area contributed by atoms with Crippen LogP contribution in [0.5, 0.6) is 0 Å². The minimum absolute atomic E-state index is 0.0438. The van der Waals surface area contributed by atoms with Crippen molar-refractivity contribution in [3.63, 3.8) is 0 Å². The van der Waals surface area contributed by atoms with Gasteiger partial charge in [-0.2, -0.15) is 5.10 Å². The summed E-state index contributed by atoms with van der Waals surface area (Å²) in [4.78, 5) is 24.5. The SMILES string of the molecule is CC(C)NC(=O)Cn1nc(C2CC2)n(-c2ccccc2)c1=O. The fraction of sp³-hybridized carbons (Fsp3) is 0.438. The number of hydrogen-bond acceptors (Lipinski definition) is 3. The third-order valence-electron chi connectivity index (χ3n) is 3.56. The Kier molecular flexibility index (Phi) is 3.83. The zero-order valence-corrected chi connectivity index (χ0v) is 12.8. The van der Waals surface area contributed by atoms with Crippen molar-refractivity contribution in [2.75, 3.05) is 0 Å². The van der Waals surface area contributed by atoms with Crippen LogP contribution in [0.15, 0.2) is 35.1 Å². The molecule has 1 N–H and O–H groups in total. The summed E-state index contributed by atoms with van der Waals surface area (Å²) in [6.45, 7) is 3.73. The molecule has 1 heterocycles. The van der Waals surface area contributed by atoms with Crippen LogP contribution in [0.25, 0.3) is 5.69 Å². The van der Waals surface area contributed by atoms with Crippen molar-refractivity contribution in [3.8, 4) is 5.69 Å². The lowest BCUT2D eigenvalue weighted by atomic mass is 10.3. The first-order chi connectivity index (χ1) is 10.6. The molecule has 0 bridgehead atoms. The number of para-hydroxylation sites is 1. The third kappa shape index (κ3) is 2.95. The summed E-state index contributed by atoms with van der Waals surface area (Å²) in [5.74, 6) is 0.882. The Balaban J connectivity index is 1.96. The summed E-state index contributed by atoms with van der Waals surface area (Å²) in [6, 6.07) is 9.50. The lowest BCUT2D eigenvalue weighted by molar-refractivity contribution is -0.122. The molecule has 0 unspecified atom stereocenters. The van der Waals surface area contributed by atoms with Crippen LogP contribution in [-0.2, 0) is 11.3 Å². The normalized spacial score (nSPS) is 14.3. The predicted octanol–water partition coefficient (Wildman–Crippen LogP) is 1.44. The molecule has 1 aromatic carbocycles. The van der Waals surface area contributed by atoms with E-state index >= 15 is 0 Å². The van der Waals surface area contributed by atoms with Crippen molar-refractivity contribution in [3.05, 3.63) is 46.6 Å². The quantitative estimate of drug-likeness (QED) is 0.908. The van der Waals surface area contributed by atoms with Gasteiger partial charge < -0.3 is 5.32 Å². The standard InChI is InChI=1S/C16H20N4O2/c1-11(2)17-14(21)10-19-16(22)20(13-6-4-3-5-7-13)15(18-19)12-8-9-12/h3-7,11-12H,8-10H2,1-2H3,(H,17,21). The molecule has 1 saturated carbocycles. The Morgan fingerprint density at radius 2 is 2.00 bits per heavy atom. The van der Waals surface area contributed by atoms with Gasteiger partial charge in [-0.1, -0.05) is 18.2 Å². The number of carbonyl (C=O) groups excluding carboxylic acids is 1. The molecule has 2 aromatic rings.